The van der Waals surface area contributed by atoms with Crippen molar-refractivity contribution in [3.05, 3.63) is 106 Å². The van der Waals surface area contributed by atoms with Gasteiger partial charge < -0.3 is 9.15 Å². The lowest BCUT2D eigenvalue weighted by Crippen LogP contribution is -2.23. The number of ether oxygens (including phenoxy) is 1. The van der Waals surface area contributed by atoms with E-state index in [9.17, 15) is 4.79 Å². The third kappa shape index (κ3) is 4.17. The lowest BCUT2D eigenvalue weighted by molar-refractivity contribution is 0.414. The molecule has 0 fully saturated rings. The summed E-state index contributed by atoms with van der Waals surface area (Å²) in [6.45, 7) is 4.17. The van der Waals surface area contributed by atoms with Crippen molar-refractivity contribution in [3.8, 4) is 5.75 Å². The van der Waals surface area contributed by atoms with Crippen LogP contribution in [0.4, 0.5) is 0 Å². The highest BCUT2D eigenvalue weighted by Crippen LogP contribution is 2.29. The number of methoxy groups -OCH3 is 1. The fourth-order valence-corrected chi connectivity index (χ4v) is 4.70. The molecular weight excluding hydrogens is 432 g/mol. The number of rotatable bonds is 7. The Morgan fingerprint density at radius 1 is 1.06 bits per heavy atom. The maximum absolute atomic E-state index is 13.5. The zero-order valence-corrected chi connectivity index (χ0v) is 19.0. The molecule has 0 saturated heterocycles. The van der Waals surface area contributed by atoms with Gasteiger partial charge in [0, 0.05) is 11.1 Å². The molecule has 0 unspecified atom stereocenters. The van der Waals surface area contributed by atoms with Gasteiger partial charge in [-0.15, -0.1) is 0 Å². The number of para-hydroxylation sites is 1. The number of nitrogens with zero attached hydrogens (tertiary/aromatic N) is 2. The van der Waals surface area contributed by atoms with Gasteiger partial charge in [0.15, 0.2) is 5.16 Å². The Morgan fingerprint density at radius 2 is 1.88 bits per heavy atom. The van der Waals surface area contributed by atoms with Gasteiger partial charge in [-0.25, -0.2) is 4.98 Å². The molecule has 164 valence electrons. The predicted molar refractivity (Wildman–Crippen MR) is 134 cm³/mol. The summed E-state index contributed by atoms with van der Waals surface area (Å²) in [4.78, 5) is 18.4. The summed E-state index contributed by atoms with van der Waals surface area (Å²) in [7, 11) is 1.63. The van der Waals surface area contributed by atoms with Gasteiger partial charge in [0.25, 0.3) is 5.56 Å². The van der Waals surface area contributed by atoms with E-state index in [1.807, 2.05) is 66.7 Å². The number of thioether (sulfide) groups is 1. The van der Waals surface area contributed by atoms with Crippen LogP contribution in [0.3, 0.4) is 0 Å². The van der Waals surface area contributed by atoms with Gasteiger partial charge in [-0.2, -0.15) is 0 Å². The van der Waals surface area contributed by atoms with Gasteiger partial charge in [0.1, 0.15) is 16.8 Å². The van der Waals surface area contributed by atoms with Crippen molar-refractivity contribution in [1.29, 1.82) is 0 Å². The van der Waals surface area contributed by atoms with Crippen molar-refractivity contribution in [3.63, 3.8) is 0 Å². The second kappa shape index (κ2) is 9.00. The van der Waals surface area contributed by atoms with Gasteiger partial charge in [-0.1, -0.05) is 72.9 Å². The minimum Gasteiger partial charge on any atom is -0.497 e. The van der Waals surface area contributed by atoms with Crippen LogP contribution in [-0.2, 0) is 12.3 Å². The monoisotopic (exact) mass is 454 g/mol. The Kier molecular flexibility index (Phi) is 5.75. The molecule has 6 heteroatoms. The zero-order chi connectivity index (χ0) is 22.8. The molecule has 0 bridgehead atoms. The summed E-state index contributed by atoms with van der Waals surface area (Å²) in [6.07, 6.45) is 1.82. The van der Waals surface area contributed by atoms with Crippen LogP contribution in [0.2, 0.25) is 0 Å². The largest absolute Gasteiger partial charge is 0.497 e. The van der Waals surface area contributed by atoms with E-state index in [1.54, 1.807) is 11.7 Å². The molecule has 3 aromatic carbocycles. The second-order valence-corrected chi connectivity index (χ2v) is 8.59. The maximum atomic E-state index is 13.5. The van der Waals surface area contributed by atoms with E-state index >= 15 is 0 Å². The molecule has 0 radical (unpaired) electrons. The molecular formula is C27H22N2O3S. The van der Waals surface area contributed by atoms with E-state index in [0.717, 1.165) is 27.8 Å². The lowest BCUT2D eigenvalue weighted by Gasteiger charge is -2.12. The minimum absolute atomic E-state index is 0.191. The number of aromatic nitrogens is 2. The van der Waals surface area contributed by atoms with Crippen LogP contribution in [0, 0.1) is 0 Å². The first kappa shape index (κ1) is 21.1. The molecule has 0 atom stereocenters. The Hall–Kier alpha value is -3.77. The first-order valence-corrected chi connectivity index (χ1v) is 11.5. The van der Waals surface area contributed by atoms with Crippen LogP contribution >= 0.6 is 11.8 Å². The normalized spacial score (nSPS) is 11.2. The molecule has 0 saturated carbocycles. The van der Waals surface area contributed by atoms with Crippen LogP contribution in [0.15, 0.2) is 93.7 Å². The quantitative estimate of drug-likeness (QED) is 0.219. The standard InChI is InChI=1S/C27H22N2O3S/c1-3-18-11-13-19(14-12-18)17-33-27-28-24-22-9-4-5-10-23(22)32-25(24)26(30)29(27)16-20-7-6-8-21(15-20)31-2/h3-15H,1,16-17H2,2H3. The summed E-state index contributed by atoms with van der Waals surface area (Å²) >= 11 is 1.54. The van der Waals surface area contributed by atoms with Gasteiger partial charge in [-0.3, -0.25) is 9.36 Å². The van der Waals surface area contributed by atoms with Crippen molar-refractivity contribution in [2.24, 2.45) is 0 Å². The average Bonchev–Trinajstić information content (AvgIpc) is 3.24. The molecule has 2 aromatic heterocycles. The fraction of sp³-hybridized carbons (Fsp3) is 0.111. The summed E-state index contributed by atoms with van der Waals surface area (Å²) < 4.78 is 12.9. The number of furan rings is 1. The molecule has 0 N–H and O–H groups in total. The first-order valence-electron chi connectivity index (χ1n) is 10.6. The van der Waals surface area contributed by atoms with Crippen molar-refractivity contribution >= 4 is 39.9 Å². The predicted octanol–water partition coefficient (Wildman–Crippen LogP) is 6.13. The molecule has 0 amide bonds. The minimum atomic E-state index is -0.191. The molecule has 0 aliphatic heterocycles. The summed E-state index contributed by atoms with van der Waals surface area (Å²) in [6, 6.07) is 23.5. The summed E-state index contributed by atoms with van der Waals surface area (Å²) in [5.41, 5.74) is 4.51. The highest BCUT2D eigenvalue weighted by atomic mass is 32.2. The SMILES string of the molecule is C=Cc1ccc(CSc2nc3c(oc4ccccc43)c(=O)n2Cc2cccc(OC)c2)cc1. The number of fused-ring (bicyclic) bond motifs is 3. The van der Waals surface area contributed by atoms with E-state index < -0.39 is 0 Å². The molecule has 33 heavy (non-hydrogen) atoms. The van der Waals surface area contributed by atoms with Crippen molar-refractivity contribution < 1.29 is 9.15 Å². The Balaban J connectivity index is 1.60. The Morgan fingerprint density at radius 3 is 2.67 bits per heavy atom. The number of hydrogen-bond acceptors (Lipinski definition) is 5. The van der Waals surface area contributed by atoms with Crippen LogP contribution in [0.1, 0.15) is 16.7 Å². The topological polar surface area (TPSA) is 57.3 Å². The van der Waals surface area contributed by atoms with Crippen molar-refractivity contribution in [2.75, 3.05) is 7.11 Å². The number of benzene rings is 3. The highest BCUT2D eigenvalue weighted by Gasteiger charge is 2.18. The molecule has 0 aliphatic rings. The summed E-state index contributed by atoms with van der Waals surface area (Å²) in [5.74, 6) is 1.43. The molecule has 2 heterocycles. The molecule has 5 nitrogen and oxygen atoms in total. The third-order valence-electron chi connectivity index (χ3n) is 5.51. The third-order valence-corrected chi connectivity index (χ3v) is 6.55. The van der Waals surface area contributed by atoms with Crippen LogP contribution in [0.25, 0.3) is 28.1 Å². The fourth-order valence-electron chi connectivity index (χ4n) is 3.75. The first-order chi connectivity index (χ1) is 16.2. The van der Waals surface area contributed by atoms with E-state index in [-0.39, 0.29) is 11.1 Å². The molecule has 5 aromatic rings. The maximum Gasteiger partial charge on any atom is 0.298 e. The Bertz CT molecular complexity index is 1520. The highest BCUT2D eigenvalue weighted by molar-refractivity contribution is 7.98. The van der Waals surface area contributed by atoms with Gasteiger partial charge in [-0.05, 0) is 41.0 Å². The second-order valence-electron chi connectivity index (χ2n) is 7.65. The van der Waals surface area contributed by atoms with E-state index in [0.29, 0.717) is 28.6 Å². The number of hydrogen-bond donors (Lipinski definition) is 0. The van der Waals surface area contributed by atoms with Crippen LogP contribution < -0.4 is 10.3 Å². The molecule has 5 rings (SSSR count). The van der Waals surface area contributed by atoms with Crippen LogP contribution in [-0.4, -0.2) is 16.7 Å². The average molecular weight is 455 g/mol. The zero-order valence-electron chi connectivity index (χ0n) is 18.2. The van der Waals surface area contributed by atoms with Crippen molar-refractivity contribution in [1.82, 2.24) is 9.55 Å². The molecule has 0 aliphatic carbocycles. The van der Waals surface area contributed by atoms with Crippen LogP contribution in [0.5, 0.6) is 5.75 Å². The lowest BCUT2D eigenvalue weighted by atomic mass is 10.1. The van der Waals surface area contributed by atoms with E-state index in [4.69, 9.17) is 14.1 Å². The van der Waals surface area contributed by atoms with Gasteiger partial charge >= 0.3 is 0 Å². The van der Waals surface area contributed by atoms with Gasteiger partial charge in [0.2, 0.25) is 5.58 Å². The van der Waals surface area contributed by atoms with E-state index in [1.165, 1.54) is 11.8 Å². The van der Waals surface area contributed by atoms with Crippen molar-refractivity contribution in [2.45, 2.75) is 17.5 Å². The summed E-state index contributed by atoms with van der Waals surface area (Å²) in [5, 5.41) is 1.49. The van der Waals surface area contributed by atoms with Gasteiger partial charge in [0.05, 0.1) is 13.7 Å². The van der Waals surface area contributed by atoms with E-state index in [2.05, 4.69) is 18.7 Å². The molecule has 0 spiro atoms. The Labute approximate surface area is 195 Å². The smallest absolute Gasteiger partial charge is 0.298 e.